The molecule has 0 N–H and O–H groups in total. The van der Waals surface area contributed by atoms with E-state index >= 15 is 0 Å². The average Bonchev–Trinajstić information content (AvgIpc) is 3.00. The number of nitrogens with zero attached hydrogens (tertiary/aromatic N) is 1. The van der Waals surface area contributed by atoms with Crippen molar-refractivity contribution in [1.29, 1.82) is 0 Å². The Bertz CT molecular complexity index is 896. The Labute approximate surface area is 152 Å². The lowest BCUT2D eigenvalue weighted by atomic mass is 10.1. The largest absolute Gasteiger partial charge is 0.494 e. The summed E-state index contributed by atoms with van der Waals surface area (Å²) < 4.78 is 33.2. The highest BCUT2D eigenvalue weighted by Gasteiger charge is 2.06. The van der Waals surface area contributed by atoms with Gasteiger partial charge in [0.2, 0.25) is 0 Å². The molecule has 26 heavy (non-hydrogen) atoms. The van der Waals surface area contributed by atoms with Crippen molar-refractivity contribution in [2.75, 3.05) is 6.61 Å². The minimum absolute atomic E-state index is 0.673. The zero-order chi connectivity index (χ0) is 18.4. The predicted molar refractivity (Wildman–Crippen MR) is 98.5 cm³/mol. The van der Waals surface area contributed by atoms with Crippen molar-refractivity contribution in [3.8, 4) is 23.3 Å². The molecule has 0 atom stereocenters. The van der Waals surface area contributed by atoms with Gasteiger partial charge in [-0.05, 0) is 55.0 Å². The second-order valence-corrected chi connectivity index (χ2v) is 5.88. The van der Waals surface area contributed by atoms with Crippen LogP contribution in [0.15, 0.2) is 60.9 Å². The fourth-order valence-corrected chi connectivity index (χ4v) is 2.38. The molecule has 0 bridgehead atoms. The molecule has 3 aromatic rings. The van der Waals surface area contributed by atoms with E-state index in [9.17, 15) is 8.78 Å². The molecule has 0 aliphatic rings. The smallest absolute Gasteiger partial charge is 0.176 e. The first-order valence-electron chi connectivity index (χ1n) is 8.54. The maximum absolute atomic E-state index is 13.1. The summed E-state index contributed by atoms with van der Waals surface area (Å²) in [5, 5.41) is 0. The van der Waals surface area contributed by atoms with Crippen molar-refractivity contribution in [1.82, 2.24) is 4.57 Å². The van der Waals surface area contributed by atoms with Gasteiger partial charge in [-0.25, -0.2) is 8.78 Å². The fourth-order valence-electron chi connectivity index (χ4n) is 2.38. The number of unbranched alkanes of at least 4 members (excludes halogenated alkanes) is 1. The van der Waals surface area contributed by atoms with Crippen molar-refractivity contribution in [2.45, 2.75) is 19.8 Å². The monoisotopic (exact) mass is 351 g/mol. The zero-order valence-corrected chi connectivity index (χ0v) is 14.5. The number of aromatic nitrogens is 1. The Balaban J connectivity index is 1.66. The number of rotatable bonds is 5. The first-order valence-corrected chi connectivity index (χ1v) is 8.54. The number of halogens is 2. The van der Waals surface area contributed by atoms with E-state index in [4.69, 9.17) is 4.74 Å². The van der Waals surface area contributed by atoms with Gasteiger partial charge in [0.05, 0.1) is 6.61 Å². The van der Waals surface area contributed by atoms with Crippen LogP contribution in [-0.4, -0.2) is 11.2 Å². The molecule has 0 saturated heterocycles. The van der Waals surface area contributed by atoms with Crippen molar-refractivity contribution in [2.24, 2.45) is 0 Å². The molecule has 2 nitrogen and oxygen atoms in total. The van der Waals surface area contributed by atoms with Crippen LogP contribution >= 0.6 is 0 Å². The summed E-state index contributed by atoms with van der Waals surface area (Å²) in [4.78, 5) is 0. The van der Waals surface area contributed by atoms with Crippen molar-refractivity contribution >= 4 is 0 Å². The standard InChI is InChI=1S/C22H19F2NO/c1-2-3-14-26-20-12-8-18(9-13-20)5-4-17-6-10-19(11-7-17)25-15-21(23)22(24)16-25/h6-13,15-16H,2-3,14H2,1H3. The molecule has 1 heterocycles. The van der Waals surface area contributed by atoms with Gasteiger partial charge in [-0.3, -0.25) is 0 Å². The van der Waals surface area contributed by atoms with E-state index in [1.165, 1.54) is 4.57 Å². The van der Waals surface area contributed by atoms with E-state index in [2.05, 4.69) is 18.8 Å². The van der Waals surface area contributed by atoms with E-state index in [1.54, 1.807) is 12.1 Å². The molecule has 1 aromatic heterocycles. The third kappa shape index (κ3) is 4.52. The van der Waals surface area contributed by atoms with Gasteiger partial charge in [0.1, 0.15) is 5.75 Å². The molecule has 0 fully saturated rings. The van der Waals surface area contributed by atoms with E-state index < -0.39 is 11.6 Å². The molecule has 0 aliphatic carbocycles. The minimum atomic E-state index is -0.865. The van der Waals surface area contributed by atoms with Crippen molar-refractivity contribution in [3.05, 3.63) is 83.7 Å². The van der Waals surface area contributed by atoms with Gasteiger partial charge < -0.3 is 9.30 Å². The van der Waals surface area contributed by atoms with Crippen LogP contribution < -0.4 is 4.74 Å². The number of benzene rings is 2. The van der Waals surface area contributed by atoms with Gasteiger partial charge >= 0.3 is 0 Å². The topological polar surface area (TPSA) is 14.2 Å². The Morgan fingerprint density at radius 1 is 0.846 bits per heavy atom. The van der Waals surface area contributed by atoms with Gasteiger partial charge in [0.15, 0.2) is 11.6 Å². The van der Waals surface area contributed by atoms with E-state index in [0.717, 1.165) is 48.7 Å². The predicted octanol–water partition coefficient (Wildman–Crippen LogP) is 5.33. The van der Waals surface area contributed by atoms with E-state index in [-0.39, 0.29) is 0 Å². The summed E-state index contributed by atoms with van der Waals surface area (Å²) in [7, 11) is 0. The highest BCUT2D eigenvalue weighted by Crippen LogP contribution is 2.15. The summed E-state index contributed by atoms with van der Waals surface area (Å²) in [5.41, 5.74) is 2.39. The SMILES string of the molecule is CCCCOc1ccc(C#Cc2ccc(-n3cc(F)c(F)c3)cc2)cc1. The average molecular weight is 351 g/mol. The van der Waals surface area contributed by atoms with E-state index in [1.807, 2.05) is 36.4 Å². The van der Waals surface area contributed by atoms with Crippen LogP contribution in [-0.2, 0) is 0 Å². The molecule has 3 rings (SSSR count). The van der Waals surface area contributed by atoms with Crippen LogP contribution in [0.2, 0.25) is 0 Å². The first kappa shape index (κ1) is 17.8. The second-order valence-electron chi connectivity index (χ2n) is 5.88. The van der Waals surface area contributed by atoms with Crippen LogP contribution in [0.3, 0.4) is 0 Å². The van der Waals surface area contributed by atoms with E-state index in [0.29, 0.717) is 5.69 Å². The van der Waals surface area contributed by atoms with Crippen LogP contribution in [0.25, 0.3) is 5.69 Å². The summed E-state index contributed by atoms with van der Waals surface area (Å²) in [5.74, 6) is 5.29. The molecule has 0 unspecified atom stereocenters. The molecule has 0 aliphatic heterocycles. The van der Waals surface area contributed by atoms with Crippen LogP contribution in [0.5, 0.6) is 5.75 Å². The fraction of sp³-hybridized carbons (Fsp3) is 0.182. The van der Waals surface area contributed by atoms with Crippen LogP contribution in [0.1, 0.15) is 30.9 Å². The molecule has 0 amide bonds. The molecular weight excluding hydrogens is 332 g/mol. The summed E-state index contributed by atoms with van der Waals surface area (Å²) >= 11 is 0. The second kappa shape index (κ2) is 8.35. The van der Waals surface area contributed by atoms with Crippen LogP contribution in [0, 0.1) is 23.5 Å². The molecule has 132 valence electrons. The first-order chi connectivity index (χ1) is 12.7. The zero-order valence-electron chi connectivity index (χ0n) is 14.5. The number of ether oxygens (including phenoxy) is 1. The van der Waals surface area contributed by atoms with Gasteiger partial charge in [0, 0.05) is 29.2 Å². The van der Waals surface area contributed by atoms with Gasteiger partial charge in [-0.1, -0.05) is 25.2 Å². The maximum Gasteiger partial charge on any atom is 0.176 e. The minimum Gasteiger partial charge on any atom is -0.494 e. The Morgan fingerprint density at radius 3 is 1.92 bits per heavy atom. The Morgan fingerprint density at radius 2 is 1.38 bits per heavy atom. The lowest BCUT2D eigenvalue weighted by molar-refractivity contribution is 0.309. The van der Waals surface area contributed by atoms with Crippen LogP contribution in [0.4, 0.5) is 8.78 Å². The summed E-state index contributed by atoms with van der Waals surface area (Å²) in [6.45, 7) is 2.85. The van der Waals surface area contributed by atoms with Gasteiger partial charge in [-0.2, -0.15) is 0 Å². The van der Waals surface area contributed by atoms with Gasteiger partial charge in [0.25, 0.3) is 0 Å². The molecule has 2 aromatic carbocycles. The molecule has 0 radical (unpaired) electrons. The highest BCUT2D eigenvalue weighted by molar-refractivity contribution is 5.47. The van der Waals surface area contributed by atoms with Crippen molar-refractivity contribution < 1.29 is 13.5 Å². The number of hydrogen-bond acceptors (Lipinski definition) is 1. The molecular formula is C22H19F2NO. The molecule has 0 spiro atoms. The maximum atomic E-state index is 13.1. The molecule has 4 heteroatoms. The molecule has 0 saturated carbocycles. The Kier molecular flexibility index (Phi) is 5.70. The Hall–Kier alpha value is -3.06. The highest BCUT2D eigenvalue weighted by atomic mass is 19.2. The van der Waals surface area contributed by atoms with Crippen molar-refractivity contribution in [3.63, 3.8) is 0 Å². The quantitative estimate of drug-likeness (QED) is 0.447. The summed E-state index contributed by atoms with van der Waals surface area (Å²) in [6, 6.07) is 14.9. The normalized spacial score (nSPS) is 10.3. The third-order valence-electron chi connectivity index (χ3n) is 3.87. The van der Waals surface area contributed by atoms with Gasteiger partial charge in [-0.15, -0.1) is 0 Å². The third-order valence-corrected chi connectivity index (χ3v) is 3.87. The summed E-state index contributed by atoms with van der Waals surface area (Å²) in [6.07, 6.45) is 4.37. The lowest BCUT2D eigenvalue weighted by Gasteiger charge is -2.04. The number of hydrogen-bond donors (Lipinski definition) is 0. The lowest BCUT2D eigenvalue weighted by Crippen LogP contribution is -1.95.